The van der Waals surface area contributed by atoms with Crippen LogP contribution in [0.15, 0.2) is 0 Å². The van der Waals surface area contributed by atoms with Crippen LogP contribution in [0.5, 0.6) is 0 Å². The van der Waals surface area contributed by atoms with E-state index >= 15 is 0 Å². The second-order valence-corrected chi connectivity index (χ2v) is 2.70. The van der Waals surface area contributed by atoms with Crippen LogP contribution in [0.2, 0.25) is 0 Å². The zero-order valence-electron chi connectivity index (χ0n) is 7.61. The lowest BCUT2D eigenvalue weighted by molar-refractivity contribution is 0.0684. The van der Waals surface area contributed by atoms with E-state index < -0.39 is 5.97 Å². The van der Waals surface area contributed by atoms with Gasteiger partial charge < -0.3 is 14.8 Å². The number of rotatable bonds is 3. The molecule has 0 atom stereocenters. The van der Waals surface area contributed by atoms with E-state index in [4.69, 9.17) is 10.2 Å². The minimum atomic E-state index is -1.01. The Morgan fingerprint density at radius 2 is 2.23 bits per heavy atom. The number of aliphatic hydroxyl groups excluding tert-OH is 1. The molecular formula is C8H12N2O3. The molecule has 0 aromatic carbocycles. The van der Waals surface area contributed by atoms with E-state index in [-0.39, 0.29) is 12.3 Å². The lowest BCUT2D eigenvalue weighted by Crippen LogP contribution is -2.08. The van der Waals surface area contributed by atoms with E-state index in [0.717, 1.165) is 0 Å². The van der Waals surface area contributed by atoms with Gasteiger partial charge in [0.2, 0.25) is 0 Å². The number of carboxylic acid groups (broad SMARTS) is 1. The molecule has 0 saturated carbocycles. The standard InChI is InChI=1S/C8H12N2O3/c1-3-5-7(8(12)13)10(2)6(4-11)9-5/h11H,3-4H2,1-2H3,(H,12,13). The van der Waals surface area contributed by atoms with Gasteiger partial charge in [0.25, 0.3) is 0 Å². The van der Waals surface area contributed by atoms with Crippen LogP contribution in [0.1, 0.15) is 28.9 Å². The van der Waals surface area contributed by atoms with Crippen molar-refractivity contribution in [3.05, 3.63) is 17.2 Å². The third-order valence-electron chi connectivity index (χ3n) is 1.94. The van der Waals surface area contributed by atoms with E-state index in [1.807, 2.05) is 6.92 Å². The van der Waals surface area contributed by atoms with E-state index in [2.05, 4.69) is 4.98 Å². The molecule has 2 N–H and O–H groups in total. The first-order valence-corrected chi connectivity index (χ1v) is 4.00. The largest absolute Gasteiger partial charge is 0.477 e. The summed E-state index contributed by atoms with van der Waals surface area (Å²) in [5.74, 6) is -0.624. The van der Waals surface area contributed by atoms with E-state index in [0.29, 0.717) is 17.9 Å². The molecule has 0 saturated heterocycles. The van der Waals surface area contributed by atoms with E-state index in [1.165, 1.54) is 4.57 Å². The number of hydrogen-bond donors (Lipinski definition) is 2. The van der Waals surface area contributed by atoms with Crippen molar-refractivity contribution in [2.75, 3.05) is 0 Å². The molecule has 1 aromatic rings. The predicted octanol–water partition coefficient (Wildman–Crippen LogP) is 0.173. The molecule has 5 heteroatoms. The van der Waals surface area contributed by atoms with Crippen LogP contribution in [-0.4, -0.2) is 25.7 Å². The van der Waals surface area contributed by atoms with Crippen LogP contribution in [0.3, 0.4) is 0 Å². The van der Waals surface area contributed by atoms with Gasteiger partial charge in [-0.25, -0.2) is 9.78 Å². The Morgan fingerprint density at radius 1 is 1.62 bits per heavy atom. The van der Waals surface area contributed by atoms with Crippen molar-refractivity contribution in [3.63, 3.8) is 0 Å². The Balaban J connectivity index is 3.28. The Kier molecular flexibility index (Phi) is 2.67. The molecule has 1 rings (SSSR count). The van der Waals surface area contributed by atoms with Crippen molar-refractivity contribution in [1.29, 1.82) is 0 Å². The molecular weight excluding hydrogens is 172 g/mol. The predicted molar refractivity (Wildman–Crippen MR) is 45.5 cm³/mol. The first kappa shape index (κ1) is 9.73. The molecule has 0 fully saturated rings. The Bertz CT molecular complexity index is 330. The number of aromatic nitrogens is 2. The third-order valence-corrected chi connectivity index (χ3v) is 1.94. The van der Waals surface area contributed by atoms with E-state index in [1.54, 1.807) is 7.05 Å². The van der Waals surface area contributed by atoms with Gasteiger partial charge in [0.1, 0.15) is 18.1 Å². The average Bonchev–Trinajstić information content (AvgIpc) is 2.41. The van der Waals surface area contributed by atoms with Crippen LogP contribution in [0.4, 0.5) is 0 Å². The Hall–Kier alpha value is -1.36. The molecule has 1 aromatic heterocycles. The molecule has 5 nitrogen and oxygen atoms in total. The van der Waals surface area contributed by atoms with Gasteiger partial charge in [-0.15, -0.1) is 0 Å². The Labute approximate surface area is 75.6 Å². The van der Waals surface area contributed by atoms with Gasteiger partial charge in [-0.1, -0.05) is 6.92 Å². The van der Waals surface area contributed by atoms with E-state index in [9.17, 15) is 4.79 Å². The molecule has 72 valence electrons. The van der Waals surface area contributed by atoms with Crippen LogP contribution in [0, 0.1) is 0 Å². The van der Waals surface area contributed by atoms with Crippen molar-refractivity contribution >= 4 is 5.97 Å². The summed E-state index contributed by atoms with van der Waals surface area (Å²) in [6.45, 7) is 1.59. The number of nitrogens with zero attached hydrogens (tertiary/aromatic N) is 2. The number of aromatic carboxylic acids is 1. The number of hydrogen-bond acceptors (Lipinski definition) is 3. The summed E-state index contributed by atoms with van der Waals surface area (Å²) in [5, 5.41) is 17.7. The summed E-state index contributed by atoms with van der Waals surface area (Å²) < 4.78 is 1.40. The highest BCUT2D eigenvalue weighted by atomic mass is 16.4. The second-order valence-electron chi connectivity index (χ2n) is 2.70. The van der Waals surface area contributed by atoms with Crippen molar-refractivity contribution < 1.29 is 15.0 Å². The smallest absolute Gasteiger partial charge is 0.354 e. The van der Waals surface area contributed by atoms with Crippen molar-refractivity contribution in [1.82, 2.24) is 9.55 Å². The van der Waals surface area contributed by atoms with Crippen molar-refractivity contribution in [2.24, 2.45) is 7.05 Å². The minimum Gasteiger partial charge on any atom is -0.477 e. The van der Waals surface area contributed by atoms with Crippen LogP contribution < -0.4 is 0 Å². The summed E-state index contributed by atoms with van der Waals surface area (Å²) >= 11 is 0. The molecule has 0 unspecified atom stereocenters. The number of imidazole rings is 1. The first-order valence-electron chi connectivity index (χ1n) is 4.00. The van der Waals surface area contributed by atoms with Crippen LogP contribution in [-0.2, 0) is 20.1 Å². The molecule has 0 aliphatic rings. The molecule has 13 heavy (non-hydrogen) atoms. The summed E-state index contributed by atoms with van der Waals surface area (Å²) in [6, 6.07) is 0. The van der Waals surface area contributed by atoms with Crippen molar-refractivity contribution in [2.45, 2.75) is 20.0 Å². The zero-order chi connectivity index (χ0) is 10.0. The fraction of sp³-hybridized carbons (Fsp3) is 0.500. The van der Waals surface area contributed by atoms with Gasteiger partial charge >= 0.3 is 5.97 Å². The summed E-state index contributed by atoms with van der Waals surface area (Å²) in [5.41, 5.74) is 0.672. The van der Waals surface area contributed by atoms with Crippen LogP contribution in [0.25, 0.3) is 0 Å². The highest BCUT2D eigenvalue weighted by molar-refractivity contribution is 5.87. The molecule has 0 spiro atoms. The van der Waals surface area contributed by atoms with Crippen LogP contribution >= 0.6 is 0 Å². The third kappa shape index (κ3) is 1.55. The molecule has 0 radical (unpaired) electrons. The average molecular weight is 184 g/mol. The molecule has 1 heterocycles. The lowest BCUT2D eigenvalue weighted by Gasteiger charge is -1.99. The summed E-state index contributed by atoms with van der Waals surface area (Å²) in [7, 11) is 1.58. The van der Waals surface area contributed by atoms with Gasteiger partial charge in [-0.3, -0.25) is 0 Å². The number of aliphatic hydroxyl groups is 1. The van der Waals surface area contributed by atoms with Gasteiger partial charge in [-0.2, -0.15) is 0 Å². The lowest BCUT2D eigenvalue weighted by atomic mass is 10.2. The quantitative estimate of drug-likeness (QED) is 0.702. The Morgan fingerprint density at radius 3 is 2.54 bits per heavy atom. The SMILES string of the molecule is CCc1nc(CO)n(C)c1C(=O)O. The number of carboxylic acids is 1. The monoisotopic (exact) mass is 184 g/mol. The molecule has 0 bridgehead atoms. The number of carbonyl (C=O) groups is 1. The molecule has 0 aliphatic carbocycles. The maximum Gasteiger partial charge on any atom is 0.354 e. The number of aryl methyl sites for hydroxylation is 1. The van der Waals surface area contributed by atoms with Gasteiger partial charge in [0.05, 0.1) is 5.69 Å². The fourth-order valence-electron chi connectivity index (χ4n) is 1.26. The van der Waals surface area contributed by atoms with Gasteiger partial charge in [0, 0.05) is 7.05 Å². The van der Waals surface area contributed by atoms with Gasteiger partial charge in [-0.05, 0) is 6.42 Å². The van der Waals surface area contributed by atoms with Crippen molar-refractivity contribution in [3.8, 4) is 0 Å². The molecule has 0 aliphatic heterocycles. The second kappa shape index (κ2) is 3.57. The summed E-state index contributed by atoms with van der Waals surface area (Å²) in [6.07, 6.45) is 0.551. The highest BCUT2D eigenvalue weighted by Gasteiger charge is 2.18. The fourth-order valence-corrected chi connectivity index (χ4v) is 1.26. The molecule has 0 amide bonds. The maximum atomic E-state index is 10.8. The highest BCUT2D eigenvalue weighted by Crippen LogP contribution is 2.11. The topological polar surface area (TPSA) is 75.4 Å². The first-order chi connectivity index (χ1) is 6.11. The van der Waals surface area contributed by atoms with Gasteiger partial charge in [0.15, 0.2) is 0 Å². The maximum absolute atomic E-state index is 10.8. The zero-order valence-corrected chi connectivity index (χ0v) is 7.61. The normalized spacial score (nSPS) is 10.4. The minimum absolute atomic E-state index is 0.159. The summed E-state index contributed by atoms with van der Waals surface area (Å²) in [4.78, 5) is 14.8.